The molecule has 2 fully saturated rings. The molecule has 0 aromatic heterocycles. The van der Waals surface area contributed by atoms with Crippen LogP contribution in [0.1, 0.15) is 32.6 Å². The molecule has 1 heteroatoms. The number of hydrogen-bond acceptors (Lipinski definition) is 0. The normalized spacial score (nSPS) is 52.2. The van der Waals surface area contributed by atoms with Crippen LogP contribution in [-0.4, -0.2) is 5.88 Å². The molecule has 0 N–H and O–H groups in total. The lowest BCUT2D eigenvalue weighted by Crippen LogP contribution is -2.04. The molecule has 2 saturated carbocycles. The summed E-state index contributed by atoms with van der Waals surface area (Å²) in [6.07, 6.45) is 5.79. The van der Waals surface area contributed by atoms with E-state index in [0.717, 1.165) is 17.7 Å². The molecule has 0 nitrogen and oxygen atoms in total. The maximum Gasteiger partial charge on any atom is 0.0259 e. The van der Waals surface area contributed by atoms with Gasteiger partial charge >= 0.3 is 0 Å². The highest BCUT2D eigenvalue weighted by Crippen LogP contribution is 2.66. The van der Waals surface area contributed by atoms with Crippen molar-refractivity contribution in [3.63, 3.8) is 0 Å². The van der Waals surface area contributed by atoms with Gasteiger partial charge < -0.3 is 0 Å². The first-order valence-corrected chi connectivity index (χ1v) is 4.88. The topological polar surface area (TPSA) is 0 Å². The zero-order valence-corrected chi connectivity index (χ0v) is 7.32. The van der Waals surface area contributed by atoms with E-state index in [0.29, 0.717) is 5.41 Å². The molecular formula is C9H15Cl. The van der Waals surface area contributed by atoms with Gasteiger partial charge in [-0.05, 0) is 30.1 Å². The average Bonchev–Trinajstić information content (AvgIpc) is 2.54. The zero-order chi connectivity index (χ0) is 7.19. The summed E-state index contributed by atoms with van der Waals surface area (Å²) >= 11 is 5.86. The molecule has 0 aliphatic heterocycles. The summed E-state index contributed by atoms with van der Waals surface area (Å²) < 4.78 is 0. The molecule has 2 rings (SSSR count). The van der Waals surface area contributed by atoms with Gasteiger partial charge in [0.05, 0.1) is 0 Å². The summed E-state index contributed by atoms with van der Waals surface area (Å²) in [4.78, 5) is 0. The summed E-state index contributed by atoms with van der Waals surface area (Å²) in [6.45, 7) is 2.42. The number of rotatable bonds is 1. The average molecular weight is 159 g/mol. The van der Waals surface area contributed by atoms with Gasteiger partial charge in [-0.3, -0.25) is 0 Å². The Hall–Kier alpha value is 0.290. The first-order chi connectivity index (χ1) is 4.79. The van der Waals surface area contributed by atoms with Crippen molar-refractivity contribution in [2.75, 3.05) is 5.88 Å². The Kier molecular flexibility index (Phi) is 1.49. The van der Waals surface area contributed by atoms with Crippen molar-refractivity contribution in [1.29, 1.82) is 0 Å². The Balaban J connectivity index is 2.05. The van der Waals surface area contributed by atoms with Crippen LogP contribution in [0.4, 0.5) is 0 Å². The molecular weight excluding hydrogens is 144 g/mol. The lowest BCUT2D eigenvalue weighted by atomic mass is 9.90. The van der Waals surface area contributed by atoms with Crippen molar-refractivity contribution < 1.29 is 0 Å². The van der Waals surface area contributed by atoms with Gasteiger partial charge in [0.2, 0.25) is 0 Å². The van der Waals surface area contributed by atoms with Gasteiger partial charge in [-0.15, -0.1) is 11.6 Å². The highest BCUT2D eigenvalue weighted by Gasteiger charge is 2.60. The van der Waals surface area contributed by atoms with Crippen LogP contribution < -0.4 is 0 Å². The molecule has 0 spiro atoms. The fourth-order valence-electron chi connectivity index (χ4n) is 2.82. The minimum absolute atomic E-state index is 0.681. The van der Waals surface area contributed by atoms with Gasteiger partial charge in [0.15, 0.2) is 0 Å². The van der Waals surface area contributed by atoms with Crippen LogP contribution in [0.5, 0.6) is 0 Å². The fourth-order valence-corrected chi connectivity index (χ4v) is 3.39. The maximum atomic E-state index is 5.86. The van der Waals surface area contributed by atoms with Crippen molar-refractivity contribution in [3.8, 4) is 0 Å². The molecule has 0 aromatic rings. The van der Waals surface area contributed by atoms with E-state index in [1.54, 1.807) is 0 Å². The van der Waals surface area contributed by atoms with Crippen LogP contribution >= 0.6 is 11.6 Å². The number of halogens is 1. The van der Waals surface area contributed by atoms with Crippen LogP contribution in [-0.2, 0) is 0 Å². The standard InChI is InChI=1S/C9H15Cl/c1-9-5-3-2-4-7(9)8(9)6-10/h7-8H,2-6H2,1H3. The van der Waals surface area contributed by atoms with E-state index in [1.165, 1.54) is 25.7 Å². The lowest BCUT2D eigenvalue weighted by Gasteiger charge is -2.15. The van der Waals surface area contributed by atoms with Gasteiger partial charge in [-0.2, -0.15) is 0 Å². The summed E-state index contributed by atoms with van der Waals surface area (Å²) in [6, 6.07) is 0. The monoisotopic (exact) mass is 158 g/mol. The second-order valence-corrected chi connectivity index (χ2v) is 4.43. The third-order valence-electron chi connectivity index (χ3n) is 3.72. The first-order valence-electron chi connectivity index (χ1n) is 4.35. The Morgan fingerprint density at radius 1 is 1.50 bits per heavy atom. The Morgan fingerprint density at radius 2 is 2.30 bits per heavy atom. The molecule has 0 heterocycles. The van der Waals surface area contributed by atoms with E-state index >= 15 is 0 Å². The minimum atomic E-state index is 0.681. The molecule has 0 saturated heterocycles. The summed E-state index contributed by atoms with van der Waals surface area (Å²) in [5.41, 5.74) is 0.681. The van der Waals surface area contributed by atoms with Crippen LogP contribution in [0.3, 0.4) is 0 Å². The third kappa shape index (κ3) is 0.747. The second-order valence-electron chi connectivity index (χ2n) is 4.12. The van der Waals surface area contributed by atoms with E-state index in [1.807, 2.05) is 0 Å². The quantitative estimate of drug-likeness (QED) is 0.515. The smallest absolute Gasteiger partial charge is 0.0259 e. The molecule has 0 aromatic carbocycles. The van der Waals surface area contributed by atoms with Crippen LogP contribution in [0, 0.1) is 17.3 Å². The molecule has 2 aliphatic rings. The van der Waals surface area contributed by atoms with E-state index in [2.05, 4.69) is 6.92 Å². The fraction of sp³-hybridized carbons (Fsp3) is 1.00. The van der Waals surface area contributed by atoms with Crippen molar-refractivity contribution in [1.82, 2.24) is 0 Å². The molecule has 10 heavy (non-hydrogen) atoms. The minimum Gasteiger partial charge on any atom is -0.126 e. The summed E-state index contributed by atoms with van der Waals surface area (Å²) in [7, 11) is 0. The van der Waals surface area contributed by atoms with Gasteiger partial charge in [0, 0.05) is 5.88 Å². The van der Waals surface area contributed by atoms with E-state index in [9.17, 15) is 0 Å². The molecule has 2 aliphatic carbocycles. The van der Waals surface area contributed by atoms with Gasteiger partial charge in [-0.25, -0.2) is 0 Å². The van der Waals surface area contributed by atoms with Crippen LogP contribution in [0.15, 0.2) is 0 Å². The van der Waals surface area contributed by atoms with E-state index < -0.39 is 0 Å². The van der Waals surface area contributed by atoms with E-state index in [-0.39, 0.29) is 0 Å². The van der Waals surface area contributed by atoms with Crippen molar-refractivity contribution in [3.05, 3.63) is 0 Å². The molecule has 0 bridgehead atoms. The highest BCUT2D eigenvalue weighted by atomic mass is 35.5. The van der Waals surface area contributed by atoms with Crippen molar-refractivity contribution in [2.24, 2.45) is 17.3 Å². The summed E-state index contributed by atoms with van der Waals surface area (Å²) in [5.74, 6) is 2.77. The third-order valence-corrected chi connectivity index (χ3v) is 4.05. The molecule has 3 unspecified atom stereocenters. The van der Waals surface area contributed by atoms with Crippen LogP contribution in [0.2, 0.25) is 0 Å². The van der Waals surface area contributed by atoms with Gasteiger partial charge in [0.25, 0.3) is 0 Å². The van der Waals surface area contributed by atoms with Crippen molar-refractivity contribution in [2.45, 2.75) is 32.6 Å². The second kappa shape index (κ2) is 2.14. The number of alkyl halides is 1. The van der Waals surface area contributed by atoms with Gasteiger partial charge in [-0.1, -0.05) is 19.8 Å². The predicted octanol–water partition coefficient (Wildman–Crippen LogP) is 3.05. The molecule has 0 amide bonds. The molecule has 0 radical (unpaired) electrons. The Bertz CT molecular complexity index is 138. The van der Waals surface area contributed by atoms with Crippen LogP contribution in [0.25, 0.3) is 0 Å². The number of hydrogen-bond donors (Lipinski definition) is 0. The van der Waals surface area contributed by atoms with Gasteiger partial charge in [0.1, 0.15) is 0 Å². The SMILES string of the molecule is CC12CCCCC1C2CCl. The molecule has 58 valence electrons. The first kappa shape index (κ1) is 6.97. The molecule has 3 atom stereocenters. The Morgan fingerprint density at radius 3 is 2.80 bits per heavy atom. The number of fused-ring (bicyclic) bond motifs is 1. The summed E-state index contributed by atoms with van der Waals surface area (Å²) in [5, 5.41) is 0. The van der Waals surface area contributed by atoms with E-state index in [4.69, 9.17) is 11.6 Å². The maximum absolute atomic E-state index is 5.86. The Labute approximate surface area is 68.0 Å². The highest BCUT2D eigenvalue weighted by molar-refractivity contribution is 6.18. The zero-order valence-electron chi connectivity index (χ0n) is 6.57. The largest absolute Gasteiger partial charge is 0.126 e. The predicted molar refractivity (Wildman–Crippen MR) is 44.3 cm³/mol. The van der Waals surface area contributed by atoms with Crippen molar-refractivity contribution >= 4 is 11.6 Å². The lowest BCUT2D eigenvalue weighted by molar-refractivity contribution is 0.361.